The van der Waals surface area contributed by atoms with E-state index >= 15 is 0 Å². The third kappa shape index (κ3) is 3.58. The topological polar surface area (TPSA) is 28.7 Å². The number of aromatic nitrogens is 2. The highest BCUT2D eigenvalue weighted by Crippen LogP contribution is 2.13. The molecule has 1 heterocycles. The number of hydrogen-bond donors (Lipinski definition) is 1. The van der Waals surface area contributed by atoms with Crippen LogP contribution in [0.3, 0.4) is 0 Å². The Morgan fingerprint density at radius 3 is 2.87 bits per heavy atom. The fourth-order valence-electron chi connectivity index (χ4n) is 1.29. The van der Waals surface area contributed by atoms with Crippen molar-refractivity contribution < 1.29 is 0 Å². The van der Waals surface area contributed by atoms with Gasteiger partial charge in [0.2, 0.25) is 0 Å². The first-order chi connectivity index (χ1) is 7.27. The zero-order chi connectivity index (χ0) is 11.1. The van der Waals surface area contributed by atoms with E-state index in [4.69, 9.17) is 0 Å². The van der Waals surface area contributed by atoms with Crippen LogP contribution in [0.2, 0.25) is 0 Å². The first kappa shape index (κ1) is 11.5. The number of allylic oxidation sites excluding steroid dienone is 6. The van der Waals surface area contributed by atoms with Gasteiger partial charge < -0.3 is 4.98 Å². The third-order valence-electron chi connectivity index (χ3n) is 2.01. The SMILES string of the molecule is C\C=C/C(=C\C=C\CC)c1cnc(C)[nH]1. The van der Waals surface area contributed by atoms with Gasteiger partial charge in [-0.1, -0.05) is 37.3 Å². The minimum Gasteiger partial charge on any atom is -0.342 e. The lowest BCUT2D eigenvalue weighted by Crippen LogP contribution is -1.80. The molecule has 1 aromatic heterocycles. The number of nitrogens with one attached hydrogen (secondary N) is 1. The van der Waals surface area contributed by atoms with Crippen LogP contribution in [0.4, 0.5) is 0 Å². The average molecular weight is 202 g/mol. The van der Waals surface area contributed by atoms with E-state index in [0.29, 0.717) is 0 Å². The van der Waals surface area contributed by atoms with Crippen molar-refractivity contribution in [2.45, 2.75) is 27.2 Å². The van der Waals surface area contributed by atoms with Crippen molar-refractivity contribution in [3.63, 3.8) is 0 Å². The van der Waals surface area contributed by atoms with E-state index in [1.54, 1.807) is 0 Å². The van der Waals surface area contributed by atoms with Gasteiger partial charge in [-0.3, -0.25) is 0 Å². The Hall–Kier alpha value is -1.57. The number of nitrogens with zero attached hydrogens (tertiary/aromatic N) is 1. The molecule has 2 nitrogen and oxygen atoms in total. The molecule has 0 saturated heterocycles. The Morgan fingerprint density at radius 1 is 1.53 bits per heavy atom. The Morgan fingerprint density at radius 2 is 2.33 bits per heavy atom. The molecule has 1 rings (SSSR count). The number of hydrogen-bond acceptors (Lipinski definition) is 1. The molecule has 80 valence electrons. The molecule has 1 aromatic rings. The molecule has 0 amide bonds. The van der Waals surface area contributed by atoms with Crippen LogP contribution in [0.15, 0.2) is 36.6 Å². The summed E-state index contributed by atoms with van der Waals surface area (Å²) in [7, 11) is 0. The summed E-state index contributed by atoms with van der Waals surface area (Å²) in [5.41, 5.74) is 2.22. The minimum absolute atomic E-state index is 0.944. The molecule has 15 heavy (non-hydrogen) atoms. The lowest BCUT2D eigenvalue weighted by molar-refractivity contribution is 1.14. The van der Waals surface area contributed by atoms with Crippen molar-refractivity contribution in [1.82, 2.24) is 9.97 Å². The number of imidazole rings is 1. The smallest absolute Gasteiger partial charge is 0.103 e. The Kier molecular flexibility index (Phi) is 4.61. The second-order valence-electron chi connectivity index (χ2n) is 3.34. The molecule has 0 fully saturated rings. The van der Waals surface area contributed by atoms with Gasteiger partial charge in [0.1, 0.15) is 5.82 Å². The molecule has 0 unspecified atom stereocenters. The van der Waals surface area contributed by atoms with Crippen LogP contribution in [0.1, 0.15) is 31.8 Å². The Labute approximate surface area is 91.4 Å². The molecular formula is C13H18N2. The first-order valence-electron chi connectivity index (χ1n) is 5.29. The van der Waals surface area contributed by atoms with Gasteiger partial charge in [0.25, 0.3) is 0 Å². The van der Waals surface area contributed by atoms with E-state index in [1.165, 1.54) is 0 Å². The minimum atomic E-state index is 0.944. The predicted octanol–water partition coefficient (Wildman–Crippen LogP) is 3.64. The van der Waals surface area contributed by atoms with Crippen LogP contribution in [-0.4, -0.2) is 9.97 Å². The Balaban J connectivity index is 2.92. The molecule has 0 aliphatic heterocycles. The van der Waals surface area contributed by atoms with Gasteiger partial charge in [-0.15, -0.1) is 0 Å². The van der Waals surface area contributed by atoms with Crippen molar-refractivity contribution in [2.24, 2.45) is 0 Å². The fraction of sp³-hybridized carbons (Fsp3) is 0.308. The molecule has 0 radical (unpaired) electrons. The highest BCUT2D eigenvalue weighted by Gasteiger charge is 1.99. The lowest BCUT2D eigenvalue weighted by atomic mass is 10.1. The van der Waals surface area contributed by atoms with Crippen LogP contribution >= 0.6 is 0 Å². The molecule has 1 N–H and O–H groups in total. The van der Waals surface area contributed by atoms with E-state index in [-0.39, 0.29) is 0 Å². The summed E-state index contributed by atoms with van der Waals surface area (Å²) in [4.78, 5) is 7.42. The summed E-state index contributed by atoms with van der Waals surface area (Å²) >= 11 is 0. The predicted molar refractivity (Wildman–Crippen MR) is 65.5 cm³/mol. The number of rotatable bonds is 4. The van der Waals surface area contributed by atoms with Crippen LogP contribution in [0.25, 0.3) is 5.57 Å². The molecule has 0 aliphatic carbocycles. The van der Waals surface area contributed by atoms with E-state index < -0.39 is 0 Å². The maximum absolute atomic E-state index is 4.19. The van der Waals surface area contributed by atoms with Gasteiger partial charge >= 0.3 is 0 Å². The molecule has 0 spiro atoms. The zero-order valence-electron chi connectivity index (χ0n) is 9.62. The standard InChI is InChI=1S/C13H18N2/c1-4-6-7-9-12(8-5-2)13-10-14-11(3)15-13/h5-10H,4H2,1-3H3,(H,14,15)/b7-6+,8-5-,12-9+. The van der Waals surface area contributed by atoms with Crippen molar-refractivity contribution in [3.8, 4) is 0 Å². The second kappa shape index (κ2) is 6.02. The molecular weight excluding hydrogens is 184 g/mol. The average Bonchev–Trinajstić information content (AvgIpc) is 2.64. The van der Waals surface area contributed by atoms with Crippen LogP contribution < -0.4 is 0 Å². The normalized spacial score (nSPS) is 13.1. The van der Waals surface area contributed by atoms with Gasteiger partial charge in [0.05, 0.1) is 11.9 Å². The second-order valence-corrected chi connectivity index (χ2v) is 3.34. The van der Waals surface area contributed by atoms with Crippen molar-refractivity contribution in [3.05, 3.63) is 48.1 Å². The summed E-state index contributed by atoms with van der Waals surface area (Å²) < 4.78 is 0. The molecule has 0 saturated carbocycles. The van der Waals surface area contributed by atoms with E-state index in [9.17, 15) is 0 Å². The molecule has 0 aliphatic rings. The molecule has 2 heteroatoms. The monoisotopic (exact) mass is 202 g/mol. The van der Waals surface area contributed by atoms with Crippen molar-refractivity contribution >= 4 is 5.57 Å². The van der Waals surface area contributed by atoms with E-state index in [2.05, 4.69) is 41.2 Å². The quantitative estimate of drug-likeness (QED) is 0.742. The molecule has 0 bridgehead atoms. The van der Waals surface area contributed by atoms with Crippen LogP contribution in [-0.2, 0) is 0 Å². The largest absolute Gasteiger partial charge is 0.342 e. The van der Waals surface area contributed by atoms with Crippen molar-refractivity contribution in [1.29, 1.82) is 0 Å². The number of aryl methyl sites for hydroxylation is 1. The van der Waals surface area contributed by atoms with Gasteiger partial charge in [-0.2, -0.15) is 0 Å². The highest BCUT2D eigenvalue weighted by molar-refractivity contribution is 5.72. The Bertz CT molecular complexity index is 381. The number of aromatic amines is 1. The van der Waals surface area contributed by atoms with Gasteiger partial charge in [-0.25, -0.2) is 4.98 Å². The number of H-pyrrole nitrogens is 1. The first-order valence-corrected chi connectivity index (χ1v) is 5.29. The summed E-state index contributed by atoms with van der Waals surface area (Å²) in [6, 6.07) is 0. The summed E-state index contributed by atoms with van der Waals surface area (Å²) in [6.45, 7) is 6.10. The van der Waals surface area contributed by atoms with Gasteiger partial charge in [-0.05, 0) is 25.8 Å². The van der Waals surface area contributed by atoms with Gasteiger partial charge in [0, 0.05) is 0 Å². The maximum atomic E-state index is 4.19. The van der Waals surface area contributed by atoms with E-state index in [1.807, 2.05) is 26.1 Å². The zero-order valence-corrected chi connectivity index (χ0v) is 9.62. The van der Waals surface area contributed by atoms with E-state index in [0.717, 1.165) is 23.5 Å². The van der Waals surface area contributed by atoms with Gasteiger partial charge in [0.15, 0.2) is 0 Å². The summed E-state index contributed by atoms with van der Waals surface area (Å²) in [5, 5.41) is 0. The molecule has 0 atom stereocenters. The summed E-state index contributed by atoms with van der Waals surface area (Å²) in [6.07, 6.45) is 13.3. The highest BCUT2D eigenvalue weighted by atomic mass is 14.9. The summed E-state index contributed by atoms with van der Waals surface area (Å²) in [5.74, 6) is 0.944. The lowest BCUT2D eigenvalue weighted by Gasteiger charge is -1.95. The van der Waals surface area contributed by atoms with Crippen LogP contribution in [0.5, 0.6) is 0 Å². The van der Waals surface area contributed by atoms with Crippen LogP contribution in [0, 0.1) is 6.92 Å². The molecule has 0 aromatic carbocycles. The fourth-order valence-corrected chi connectivity index (χ4v) is 1.29. The van der Waals surface area contributed by atoms with Crippen molar-refractivity contribution in [2.75, 3.05) is 0 Å². The third-order valence-corrected chi connectivity index (χ3v) is 2.01. The maximum Gasteiger partial charge on any atom is 0.103 e.